The summed E-state index contributed by atoms with van der Waals surface area (Å²) in [6, 6.07) is 0. The van der Waals surface area contributed by atoms with Crippen LogP contribution < -0.4 is 5.32 Å². The van der Waals surface area contributed by atoms with Gasteiger partial charge >= 0.3 is 0 Å². The highest BCUT2D eigenvalue weighted by molar-refractivity contribution is 5.79. The van der Waals surface area contributed by atoms with Gasteiger partial charge in [0.1, 0.15) is 0 Å². The third-order valence-electron chi connectivity index (χ3n) is 5.93. The van der Waals surface area contributed by atoms with Crippen molar-refractivity contribution in [1.29, 1.82) is 0 Å². The molecule has 1 aliphatic heterocycles. The van der Waals surface area contributed by atoms with Gasteiger partial charge in [-0.1, -0.05) is 34.9 Å². The molecule has 1 N–H and O–H groups in total. The number of morpholine rings is 1. The van der Waals surface area contributed by atoms with Gasteiger partial charge < -0.3 is 10.1 Å². The van der Waals surface area contributed by atoms with Gasteiger partial charge in [0.25, 0.3) is 0 Å². The van der Waals surface area contributed by atoms with Crippen LogP contribution in [0.15, 0.2) is 34.9 Å². The lowest BCUT2D eigenvalue weighted by Gasteiger charge is -2.26. The smallest absolute Gasteiger partial charge is 0.223 e. The summed E-state index contributed by atoms with van der Waals surface area (Å²) in [4.78, 5) is 15.0. The zero-order valence-corrected chi connectivity index (χ0v) is 19.0. The van der Waals surface area contributed by atoms with E-state index in [1.807, 2.05) is 0 Å². The molecule has 0 aromatic heterocycles. The van der Waals surface area contributed by atoms with Crippen LogP contribution in [0.25, 0.3) is 0 Å². The summed E-state index contributed by atoms with van der Waals surface area (Å²) in [6.07, 6.45) is 15.6. The zero-order chi connectivity index (χ0) is 20.9. The standard InChI is InChI=1S/C25H42N2O2/c1-21(2)8-4-9-22(3)10-5-11-23-12-6-13-24(20-23)25(28)26-14-7-15-27-16-18-29-19-17-27/h8,10,12,24H,4-7,9,11,13-20H2,1-3H3,(H,26,28)/b22-10+. The lowest BCUT2D eigenvalue weighted by Crippen LogP contribution is -2.39. The molecule has 4 heteroatoms. The molecule has 1 aliphatic carbocycles. The Hall–Kier alpha value is -1.39. The summed E-state index contributed by atoms with van der Waals surface area (Å²) in [5.41, 5.74) is 4.35. The fourth-order valence-electron chi connectivity index (χ4n) is 4.10. The van der Waals surface area contributed by atoms with E-state index in [0.29, 0.717) is 0 Å². The molecule has 1 fully saturated rings. The number of amides is 1. The summed E-state index contributed by atoms with van der Waals surface area (Å²) >= 11 is 0. The largest absolute Gasteiger partial charge is 0.379 e. The van der Waals surface area contributed by atoms with E-state index in [-0.39, 0.29) is 11.8 Å². The van der Waals surface area contributed by atoms with E-state index in [1.54, 1.807) is 0 Å². The molecular formula is C25H42N2O2. The Kier molecular flexibility index (Phi) is 11.3. The van der Waals surface area contributed by atoms with Crippen LogP contribution in [0.1, 0.15) is 72.1 Å². The van der Waals surface area contributed by atoms with Crippen molar-refractivity contribution in [3.8, 4) is 0 Å². The predicted octanol–water partition coefficient (Wildman–Crippen LogP) is 5.02. The van der Waals surface area contributed by atoms with Gasteiger partial charge in [0, 0.05) is 25.6 Å². The van der Waals surface area contributed by atoms with Crippen LogP contribution in [-0.2, 0) is 9.53 Å². The normalized spacial score (nSPS) is 20.9. The molecular weight excluding hydrogens is 360 g/mol. The molecule has 2 rings (SSSR count). The SMILES string of the molecule is CC(C)=CCC/C(C)=C/CCC1=CCCC(C(=O)NCCCN2CCOCC2)C1. The van der Waals surface area contributed by atoms with E-state index in [9.17, 15) is 4.79 Å². The van der Waals surface area contributed by atoms with Gasteiger partial charge in [-0.05, 0) is 78.7 Å². The Labute approximate surface area is 178 Å². The molecule has 0 bridgehead atoms. The van der Waals surface area contributed by atoms with Crippen LogP contribution >= 0.6 is 0 Å². The number of carbonyl (C=O) groups excluding carboxylic acids is 1. The number of nitrogens with zero attached hydrogens (tertiary/aromatic N) is 1. The van der Waals surface area contributed by atoms with Gasteiger partial charge in [-0.2, -0.15) is 0 Å². The number of nitrogens with one attached hydrogen (secondary N) is 1. The van der Waals surface area contributed by atoms with Gasteiger partial charge in [0.15, 0.2) is 0 Å². The van der Waals surface area contributed by atoms with E-state index in [0.717, 1.165) is 90.8 Å². The minimum absolute atomic E-state index is 0.168. The first-order chi connectivity index (χ1) is 14.0. The average molecular weight is 403 g/mol. The van der Waals surface area contributed by atoms with Crippen molar-refractivity contribution in [2.24, 2.45) is 5.92 Å². The van der Waals surface area contributed by atoms with Gasteiger partial charge in [-0.25, -0.2) is 0 Å². The van der Waals surface area contributed by atoms with E-state index < -0.39 is 0 Å². The number of allylic oxidation sites excluding steroid dienone is 6. The second kappa shape index (κ2) is 13.8. The number of rotatable bonds is 11. The minimum atomic E-state index is 0.168. The molecule has 1 saturated heterocycles. The van der Waals surface area contributed by atoms with Crippen molar-refractivity contribution in [2.75, 3.05) is 39.4 Å². The zero-order valence-electron chi connectivity index (χ0n) is 19.0. The van der Waals surface area contributed by atoms with Crippen LogP contribution in [0.4, 0.5) is 0 Å². The number of hydrogen-bond acceptors (Lipinski definition) is 3. The van der Waals surface area contributed by atoms with Crippen LogP contribution in [-0.4, -0.2) is 50.2 Å². The predicted molar refractivity (Wildman–Crippen MR) is 122 cm³/mol. The van der Waals surface area contributed by atoms with Gasteiger partial charge in [-0.3, -0.25) is 9.69 Å². The topological polar surface area (TPSA) is 41.6 Å². The highest BCUT2D eigenvalue weighted by Crippen LogP contribution is 2.27. The van der Waals surface area contributed by atoms with Crippen LogP contribution in [0.5, 0.6) is 0 Å². The second-order valence-electron chi connectivity index (χ2n) is 8.85. The van der Waals surface area contributed by atoms with Crippen molar-refractivity contribution < 1.29 is 9.53 Å². The number of ether oxygens (including phenoxy) is 1. The molecule has 1 unspecified atom stereocenters. The van der Waals surface area contributed by atoms with Crippen molar-refractivity contribution in [1.82, 2.24) is 10.2 Å². The first-order valence-corrected chi connectivity index (χ1v) is 11.6. The maximum Gasteiger partial charge on any atom is 0.223 e. The molecule has 4 nitrogen and oxygen atoms in total. The molecule has 1 heterocycles. The molecule has 0 saturated carbocycles. The first kappa shape index (κ1) is 23.9. The van der Waals surface area contributed by atoms with Crippen molar-refractivity contribution in [2.45, 2.75) is 72.1 Å². The average Bonchev–Trinajstić information content (AvgIpc) is 2.72. The number of hydrogen-bond donors (Lipinski definition) is 1. The Balaban J connectivity index is 1.61. The van der Waals surface area contributed by atoms with Crippen LogP contribution in [0.3, 0.4) is 0 Å². The van der Waals surface area contributed by atoms with E-state index >= 15 is 0 Å². The Morgan fingerprint density at radius 1 is 1.21 bits per heavy atom. The monoisotopic (exact) mass is 402 g/mol. The molecule has 164 valence electrons. The van der Waals surface area contributed by atoms with Crippen molar-refractivity contribution in [3.63, 3.8) is 0 Å². The summed E-state index contributed by atoms with van der Waals surface area (Å²) in [6.45, 7) is 12.1. The quantitative estimate of drug-likeness (QED) is 0.389. The Bertz CT molecular complexity index is 582. The van der Waals surface area contributed by atoms with Crippen molar-refractivity contribution in [3.05, 3.63) is 34.9 Å². The minimum Gasteiger partial charge on any atom is -0.379 e. The molecule has 0 radical (unpaired) electrons. The Morgan fingerprint density at radius 2 is 2.00 bits per heavy atom. The third-order valence-corrected chi connectivity index (χ3v) is 5.93. The lowest BCUT2D eigenvalue weighted by molar-refractivity contribution is -0.125. The lowest BCUT2D eigenvalue weighted by atomic mass is 9.86. The van der Waals surface area contributed by atoms with Crippen LogP contribution in [0, 0.1) is 5.92 Å². The van der Waals surface area contributed by atoms with E-state index in [2.05, 4.69) is 49.2 Å². The summed E-state index contributed by atoms with van der Waals surface area (Å²) in [7, 11) is 0. The highest BCUT2D eigenvalue weighted by Gasteiger charge is 2.22. The highest BCUT2D eigenvalue weighted by atomic mass is 16.5. The molecule has 1 atom stereocenters. The fraction of sp³-hybridized carbons (Fsp3) is 0.720. The molecule has 0 aromatic carbocycles. The summed E-state index contributed by atoms with van der Waals surface area (Å²) < 4.78 is 5.38. The number of carbonyl (C=O) groups is 1. The molecule has 1 amide bonds. The van der Waals surface area contributed by atoms with Gasteiger partial charge in [0.2, 0.25) is 5.91 Å². The fourth-order valence-corrected chi connectivity index (χ4v) is 4.10. The van der Waals surface area contributed by atoms with E-state index in [4.69, 9.17) is 4.74 Å². The van der Waals surface area contributed by atoms with Gasteiger partial charge in [0.05, 0.1) is 13.2 Å². The third kappa shape index (κ3) is 10.3. The summed E-state index contributed by atoms with van der Waals surface area (Å²) in [5, 5.41) is 3.18. The molecule has 0 aromatic rings. The Morgan fingerprint density at radius 3 is 2.76 bits per heavy atom. The molecule has 2 aliphatic rings. The van der Waals surface area contributed by atoms with Gasteiger partial charge in [-0.15, -0.1) is 0 Å². The van der Waals surface area contributed by atoms with Crippen molar-refractivity contribution >= 4 is 5.91 Å². The molecule has 0 spiro atoms. The first-order valence-electron chi connectivity index (χ1n) is 11.6. The van der Waals surface area contributed by atoms with Crippen LogP contribution in [0.2, 0.25) is 0 Å². The maximum atomic E-state index is 12.6. The maximum absolute atomic E-state index is 12.6. The van der Waals surface area contributed by atoms with E-state index in [1.165, 1.54) is 16.7 Å². The summed E-state index contributed by atoms with van der Waals surface area (Å²) in [5.74, 6) is 0.423. The molecule has 29 heavy (non-hydrogen) atoms. The second-order valence-corrected chi connectivity index (χ2v) is 8.85.